The van der Waals surface area contributed by atoms with E-state index in [9.17, 15) is 0 Å². The molecule has 0 amide bonds. The third-order valence-corrected chi connectivity index (χ3v) is 9.29. The minimum absolute atomic E-state index is 0. The van der Waals surface area contributed by atoms with E-state index in [2.05, 4.69) is 78.4 Å². The van der Waals surface area contributed by atoms with Gasteiger partial charge in [-0.3, -0.25) is 0 Å². The monoisotopic (exact) mass is 347 g/mol. The Labute approximate surface area is 142 Å². The van der Waals surface area contributed by atoms with Crippen molar-refractivity contribution in [2.45, 2.75) is 43.7 Å². The van der Waals surface area contributed by atoms with Gasteiger partial charge in [-0.25, -0.2) is 0 Å². The van der Waals surface area contributed by atoms with E-state index in [4.69, 9.17) is 0 Å². The van der Waals surface area contributed by atoms with E-state index >= 15 is 0 Å². The number of allylic oxidation sites excluding steroid dienone is 2. The van der Waals surface area contributed by atoms with Gasteiger partial charge in [0.15, 0.2) is 0 Å². The fourth-order valence-corrected chi connectivity index (χ4v) is 10.0. The molecule has 0 atom stereocenters. The van der Waals surface area contributed by atoms with Gasteiger partial charge in [-0.15, -0.1) is 0 Å². The summed E-state index contributed by atoms with van der Waals surface area (Å²) in [6.07, 6.45) is 8.94. The Hall–Kier alpha value is -0.669. The van der Waals surface area contributed by atoms with Gasteiger partial charge in [0, 0.05) is 0 Å². The van der Waals surface area contributed by atoms with Crippen molar-refractivity contribution in [1.82, 2.24) is 3.80 Å². The molecule has 0 fully saturated rings. The summed E-state index contributed by atoms with van der Waals surface area (Å²) in [7, 11) is 0. The predicted octanol–water partition coefficient (Wildman–Crippen LogP) is 2.12. The first-order valence-corrected chi connectivity index (χ1v) is 12.4. The first-order valence-electron chi connectivity index (χ1n) is 7.73. The predicted molar refractivity (Wildman–Crippen MR) is 102 cm³/mol. The summed E-state index contributed by atoms with van der Waals surface area (Å²) in [4.78, 5) is 0. The van der Waals surface area contributed by atoms with Gasteiger partial charge in [-0.05, 0) is 11.0 Å². The molecular formula is C19H29NSiTi. The van der Waals surface area contributed by atoms with Crippen LogP contribution in [0.5, 0.6) is 0 Å². The summed E-state index contributed by atoms with van der Waals surface area (Å²) in [5.41, 5.74) is 4.39. The summed E-state index contributed by atoms with van der Waals surface area (Å²) >= 11 is -2.26. The second-order valence-corrected chi connectivity index (χ2v) is 14.0. The fraction of sp³-hybridized carbons (Fsp3) is 0.368. The second-order valence-electron chi connectivity index (χ2n) is 7.80. The Morgan fingerprint density at radius 1 is 1.05 bits per heavy atom. The first kappa shape index (κ1) is 17.7. The molecule has 2 aliphatic rings. The van der Waals surface area contributed by atoms with E-state index in [1.165, 1.54) is 27.1 Å². The van der Waals surface area contributed by atoms with Crippen LogP contribution in [-0.4, -0.2) is 16.5 Å². The normalized spacial score (nSPS) is 15.9. The molecular weight excluding hydrogens is 318 g/mol. The van der Waals surface area contributed by atoms with Gasteiger partial charge in [0.1, 0.15) is 0 Å². The molecule has 0 spiro atoms. The van der Waals surface area contributed by atoms with Gasteiger partial charge in [0.25, 0.3) is 0 Å². The molecule has 1 N–H and O–H groups in total. The molecule has 118 valence electrons. The van der Waals surface area contributed by atoms with Crippen LogP contribution in [0, 0.1) is 0 Å². The Morgan fingerprint density at radius 2 is 1.73 bits per heavy atom. The van der Waals surface area contributed by atoms with Crippen molar-refractivity contribution in [2.75, 3.05) is 0 Å². The van der Waals surface area contributed by atoms with E-state index < -0.39 is 16.8 Å². The Kier molecular flexibility index (Phi) is 4.63. The molecule has 0 saturated carbocycles. The van der Waals surface area contributed by atoms with Crippen molar-refractivity contribution in [3.05, 3.63) is 45.3 Å². The van der Waals surface area contributed by atoms with Crippen molar-refractivity contribution >= 4 is 33.1 Å². The summed E-state index contributed by atoms with van der Waals surface area (Å²) in [5.74, 6) is 0. The number of fused-ring (bicyclic) bond motifs is 2. The molecule has 0 aromatic heterocycles. The van der Waals surface area contributed by atoms with Crippen LogP contribution in [-0.2, 0) is 16.8 Å². The zero-order valence-corrected chi connectivity index (χ0v) is 15.5. The maximum Gasteiger partial charge on any atom is -0.0149 e. The second kappa shape index (κ2) is 5.76. The fourth-order valence-electron chi connectivity index (χ4n) is 3.88. The smallest absolute Gasteiger partial charge is 0.0149 e. The Balaban J connectivity index is 0.00000176. The standard InChI is InChI=1S/C13H9.C4H10N.2CH3.H4Si.Ti/c1-9-5-12-7-10-3-2-4-11(10)8-13(12)6-9;1-4(2,3)5;;;;/h2-5,7-8H,1H3;5H,1-3H3;2*1H3;1H4;/q;-1;;;;+1. The van der Waals surface area contributed by atoms with Crippen molar-refractivity contribution in [2.24, 2.45) is 0 Å². The molecule has 3 heteroatoms. The van der Waals surface area contributed by atoms with Crippen molar-refractivity contribution in [3.63, 3.8) is 0 Å². The average molecular weight is 347 g/mol. The maximum atomic E-state index is 3.96. The minimum Gasteiger partial charge on any atom is -0.0149 e. The SMILES string of the molecule is CC1=Cc2cc3c(cc2=[C]1[Ti]([CH3])([CH3])[NH]C(C)(C)C)C=CC=3.[SiH4]. The van der Waals surface area contributed by atoms with E-state index in [1.54, 1.807) is 3.88 Å². The molecule has 0 unspecified atom stereocenters. The van der Waals surface area contributed by atoms with Crippen LogP contribution in [0.1, 0.15) is 38.8 Å². The molecule has 2 aliphatic carbocycles. The van der Waals surface area contributed by atoms with Crippen molar-refractivity contribution in [1.29, 1.82) is 0 Å². The molecule has 3 rings (SSSR count). The van der Waals surface area contributed by atoms with Crippen LogP contribution in [0.4, 0.5) is 0 Å². The van der Waals surface area contributed by atoms with Crippen molar-refractivity contribution in [3.8, 4) is 0 Å². The number of nitrogens with one attached hydrogen (secondary N) is 1. The molecule has 1 nitrogen and oxygen atoms in total. The zero-order valence-electron chi connectivity index (χ0n) is 14.0. The molecule has 1 aromatic rings. The summed E-state index contributed by atoms with van der Waals surface area (Å²) in [5, 5.41) is 7.77. The topological polar surface area (TPSA) is 12.0 Å². The number of benzene rings is 1. The molecule has 0 heterocycles. The number of hydrogen-bond donors (Lipinski definition) is 1. The molecule has 0 aliphatic heterocycles. The number of rotatable bonds is 2. The maximum absolute atomic E-state index is 3.96. The van der Waals surface area contributed by atoms with Crippen molar-refractivity contribution < 1.29 is 16.8 Å². The van der Waals surface area contributed by atoms with Crippen LogP contribution in [0.25, 0.3) is 22.1 Å². The van der Waals surface area contributed by atoms with Crippen LogP contribution in [0.3, 0.4) is 0 Å². The van der Waals surface area contributed by atoms with E-state index in [0.717, 1.165) is 0 Å². The Bertz CT molecular complexity index is 792. The van der Waals surface area contributed by atoms with Gasteiger partial charge in [-0.2, -0.15) is 0 Å². The Morgan fingerprint density at radius 3 is 2.36 bits per heavy atom. The molecule has 0 radical (unpaired) electrons. The third kappa shape index (κ3) is 3.16. The first-order chi connectivity index (χ1) is 9.67. The van der Waals surface area contributed by atoms with E-state index in [1.807, 2.05) is 0 Å². The van der Waals surface area contributed by atoms with E-state index in [0.29, 0.717) is 0 Å². The van der Waals surface area contributed by atoms with Gasteiger partial charge < -0.3 is 0 Å². The van der Waals surface area contributed by atoms with E-state index in [-0.39, 0.29) is 16.5 Å². The summed E-state index contributed by atoms with van der Waals surface area (Å²) in [6, 6.07) is 4.74. The van der Waals surface area contributed by atoms with Crippen LogP contribution >= 0.6 is 0 Å². The quantitative estimate of drug-likeness (QED) is 0.808. The van der Waals surface area contributed by atoms with Gasteiger partial charge in [-0.1, -0.05) is 0 Å². The summed E-state index contributed by atoms with van der Waals surface area (Å²) in [6.45, 7) is 9.10. The van der Waals surface area contributed by atoms with Gasteiger partial charge in [0.05, 0.1) is 0 Å². The van der Waals surface area contributed by atoms with Gasteiger partial charge in [0.2, 0.25) is 0 Å². The number of hydrogen-bond acceptors (Lipinski definition) is 1. The largest absolute Gasteiger partial charge is 0.0149 e. The molecule has 0 bridgehead atoms. The van der Waals surface area contributed by atoms with Gasteiger partial charge >= 0.3 is 132 Å². The molecule has 22 heavy (non-hydrogen) atoms. The summed E-state index contributed by atoms with van der Waals surface area (Å²) < 4.78 is 5.57. The molecule has 0 saturated heterocycles. The minimum atomic E-state index is -2.26. The molecule has 1 aromatic carbocycles. The van der Waals surface area contributed by atoms with Crippen LogP contribution < -0.4 is 14.2 Å². The average Bonchev–Trinajstić information content (AvgIpc) is 2.83. The van der Waals surface area contributed by atoms with Crippen LogP contribution in [0.15, 0.2) is 23.8 Å². The zero-order chi connectivity index (χ0) is 15.4. The third-order valence-electron chi connectivity index (χ3n) is 4.15. The van der Waals surface area contributed by atoms with Crippen LogP contribution in [0.2, 0.25) is 10.5 Å².